The minimum Gasteiger partial charge on any atom is -0.338 e. The van der Waals surface area contributed by atoms with Gasteiger partial charge in [-0.1, -0.05) is 58.7 Å². The van der Waals surface area contributed by atoms with Gasteiger partial charge in [-0.15, -0.1) is 0 Å². The minimum absolute atomic E-state index is 0.00586. The molecule has 4 rings (SSSR count). The molecular weight excluding hydrogens is 388 g/mol. The highest BCUT2D eigenvalue weighted by Crippen LogP contribution is 2.24. The van der Waals surface area contributed by atoms with Crippen molar-refractivity contribution in [3.63, 3.8) is 0 Å². The Kier molecular flexibility index (Phi) is 5.92. The molecule has 1 saturated heterocycles. The normalized spacial score (nSPS) is 17.2. The number of aryl methyl sites for hydroxylation is 1. The predicted octanol–water partition coefficient (Wildman–Crippen LogP) is 4.55. The Bertz CT molecular complexity index is 986. The summed E-state index contributed by atoms with van der Waals surface area (Å²) in [7, 11) is 0. The van der Waals surface area contributed by atoms with E-state index >= 15 is 0 Å². The van der Waals surface area contributed by atoms with E-state index in [1.54, 1.807) is 6.07 Å². The van der Waals surface area contributed by atoms with Crippen LogP contribution in [0, 0.1) is 12.8 Å². The van der Waals surface area contributed by atoms with Gasteiger partial charge < -0.3 is 9.84 Å². The van der Waals surface area contributed by atoms with Crippen molar-refractivity contribution >= 4 is 23.2 Å². The Morgan fingerprint density at radius 3 is 2.83 bits per heavy atom. The fourth-order valence-corrected chi connectivity index (χ4v) is 3.72. The predicted molar refractivity (Wildman–Crippen MR) is 113 cm³/mol. The van der Waals surface area contributed by atoms with Crippen LogP contribution in [0.3, 0.4) is 0 Å². The molecule has 1 N–H and O–H groups in total. The SMILES string of the molecule is Cc1ccc(-c2noc(CN3CCCC(C(=O)Nc4ccccc4Cl)C3)n2)cc1. The number of hydrogen-bond donors (Lipinski definition) is 1. The van der Waals surface area contributed by atoms with Gasteiger partial charge >= 0.3 is 0 Å². The molecule has 0 radical (unpaired) electrons. The molecule has 2 heterocycles. The van der Waals surface area contributed by atoms with Gasteiger partial charge in [-0.2, -0.15) is 4.98 Å². The average Bonchev–Trinajstić information content (AvgIpc) is 3.19. The topological polar surface area (TPSA) is 71.3 Å². The van der Waals surface area contributed by atoms with Crippen LogP contribution < -0.4 is 5.32 Å². The van der Waals surface area contributed by atoms with Gasteiger partial charge in [0.2, 0.25) is 17.6 Å². The van der Waals surface area contributed by atoms with Crippen molar-refractivity contribution in [3.8, 4) is 11.4 Å². The number of benzene rings is 2. The molecule has 1 aliphatic rings. The van der Waals surface area contributed by atoms with Gasteiger partial charge in [-0.05, 0) is 38.4 Å². The zero-order valence-electron chi connectivity index (χ0n) is 16.3. The van der Waals surface area contributed by atoms with E-state index in [1.807, 2.05) is 49.4 Å². The number of nitrogens with one attached hydrogen (secondary N) is 1. The quantitative estimate of drug-likeness (QED) is 0.668. The van der Waals surface area contributed by atoms with Gasteiger partial charge in [0.1, 0.15) is 0 Å². The largest absolute Gasteiger partial charge is 0.338 e. The van der Waals surface area contributed by atoms with E-state index in [0.29, 0.717) is 35.5 Å². The third-order valence-corrected chi connectivity index (χ3v) is 5.47. The Labute approximate surface area is 174 Å². The first-order chi connectivity index (χ1) is 14.1. The van der Waals surface area contributed by atoms with Crippen LogP contribution >= 0.6 is 11.6 Å². The van der Waals surface area contributed by atoms with Gasteiger partial charge in [0.15, 0.2) is 0 Å². The van der Waals surface area contributed by atoms with Gasteiger partial charge in [0.25, 0.3) is 0 Å². The number of nitrogens with zero attached hydrogens (tertiary/aromatic N) is 3. The smallest absolute Gasteiger partial charge is 0.241 e. The van der Waals surface area contributed by atoms with Crippen molar-refractivity contribution in [2.24, 2.45) is 5.92 Å². The summed E-state index contributed by atoms with van der Waals surface area (Å²) in [4.78, 5) is 19.4. The van der Waals surface area contributed by atoms with Crippen LogP contribution in [0.25, 0.3) is 11.4 Å². The highest BCUT2D eigenvalue weighted by Gasteiger charge is 2.27. The molecule has 1 amide bonds. The van der Waals surface area contributed by atoms with Gasteiger partial charge in [-0.3, -0.25) is 9.69 Å². The number of halogens is 1. The first-order valence-electron chi connectivity index (χ1n) is 9.76. The van der Waals surface area contributed by atoms with Crippen LogP contribution in [0.4, 0.5) is 5.69 Å². The molecule has 1 fully saturated rings. The second-order valence-electron chi connectivity index (χ2n) is 7.42. The van der Waals surface area contributed by atoms with Crippen LogP contribution in [-0.2, 0) is 11.3 Å². The lowest BCUT2D eigenvalue weighted by Crippen LogP contribution is -2.40. The number of piperidine rings is 1. The number of para-hydroxylation sites is 1. The van der Waals surface area contributed by atoms with Gasteiger partial charge in [-0.25, -0.2) is 0 Å². The Morgan fingerprint density at radius 2 is 2.03 bits per heavy atom. The van der Waals surface area contributed by atoms with Crippen LogP contribution in [0.2, 0.25) is 5.02 Å². The number of amides is 1. The maximum absolute atomic E-state index is 12.7. The average molecular weight is 411 g/mol. The second-order valence-corrected chi connectivity index (χ2v) is 7.83. The highest BCUT2D eigenvalue weighted by molar-refractivity contribution is 6.33. The molecule has 7 heteroatoms. The summed E-state index contributed by atoms with van der Waals surface area (Å²) in [5.41, 5.74) is 2.77. The number of aromatic nitrogens is 2. The zero-order chi connectivity index (χ0) is 20.2. The highest BCUT2D eigenvalue weighted by atomic mass is 35.5. The van der Waals surface area contributed by atoms with Crippen LogP contribution in [-0.4, -0.2) is 34.0 Å². The van der Waals surface area contributed by atoms with E-state index in [-0.39, 0.29) is 11.8 Å². The molecule has 1 aromatic heterocycles. The molecule has 1 unspecified atom stereocenters. The summed E-state index contributed by atoms with van der Waals surface area (Å²) < 4.78 is 5.44. The summed E-state index contributed by atoms with van der Waals surface area (Å²) in [5.74, 6) is 1.05. The van der Waals surface area contributed by atoms with Crippen LogP contribution in [0.5, 0.6) is 0 Å². The molecule has 6 nitrogen and oxygen atoms in total. The number of likely N-dealkylation sites (tertiary alicyclic amines) is 1. The second kappa shape index (κ2) is 8.76. The van der Waals surface area contributed by atoms with E-state index < -0.39 is 0 Å². The summed E-state index contributed by atoms with van der Waals surface area (Å²) >= 11 is 6.15. The molecule has 0 aliphatic carbocycles. The standard InChI is InChI=1S/C22H23ClN4O2/c1-15-8-10-16(11-9-15)21-25-20(29-26-21)14-27-12-4-5-17(13-27)22(28)24-19-7-3-2-6-18(19)23/h2-3,6-11,17H,4-5,12-14H2,1H3,(H,24,28). The third kappa shape index (κ3) is 4.83. The lowest BCUT2D eigenvalue weighted by atomic mass is 9.97. The van der Waals surface area contributed by atoms with Gasteiger partial charge in [0, 0.05) is 12.1 Å². The Balaban J connectivity index is 1.37. The number of carbonyl (C=O) groups is 1. The summed E-state index contributed by atoms with van der Waals surface area (Å²) in [6.45, 7) is 4.13. The molecule has 0 bridgehead atoms. The fourth-order valence-electron chi connectivity index (χ4n) is 3.54. The van der Waals surface area contributed by atoms with Crippen molar-refractivity contribution < 1.29 is 9.32 Å². The monoisotopic (exact) mass is 410 g/mol. The Morgan fingerprint density at radius 1 is 1.24 bits per heavy atom. The first kappa shape index (κ1) is 19.6. The van der Waals surface area contributed by atoms with E-state index in [4.69, 9.17) is 16.1 Å². The van der Waals surface area contributed by atoms with E-state index in [1.165, 1.54) is 5.56 Å². The molecule has 150 valence electrons. The van der Waals surface area contributed by atoms with E-state index in [9.17, 15) is 4.79 Å². The maximum atomic E-state index is 12.7. The molecule has 0 spiro atoms. The van der Waals surface area contributed by atoms with E-state index in [0.717, 1.165) is 24.9 Å². The van der Waals surface area contributed by atoms with Crippen molar-refractivity contribution in [3.05, 3.63) is 65.0 Å². The molecule has 1 atom stereocenters. The number of hydrogen-bond acceptors (Lipinski definition) is 5. The molecule has 1 aliphatic heterocycles. The van der Waals surface area contributed by atoms with Crippen molar-refractivity contribution in [1.82, 2.24) is 15.0 Å². The van der Waals surface area contributed by atoms with E-state index in [2.05, 4.69) is 20.4 Å². The number of carbonyl (C=O) groups excluding carboxylic acids is 1. The fraction of sp³-hybridized carbons (Fsp3) is 0.318. The van der Waals surface area contributed by atoms with Crippen molar-refractivity contribution in [1.29, 1.82) is 0 Å². The molecular formula is C22H23ClN4O2. The molecule has 0 saturated carbocycles. The molecule has 2 aromatic carbocycles. The summed E-state index contributed by atoms with van der Waals surface area (Å²) in [6, 6.07) is 15.3. The zero-order valence-corrected chi connectivity index (χ0v) is 17.0. The number of rotatable bonds is 5. The number of anilines is 1. The van der Waals surface area contributed by atoms with Crippen molar-refractivity contribution in [2.45, 2.75) is 26.3 Å². The lowest BCUT2D eigenvalue weighted by Gasteiger charge is -2.30. The van der Waals surface area contributed by atoms with Crippen molar-refractivity contribution in [2.75, 3.05) is 18.4 Å². The lowest BCUT2D eigenvalue weighted by molar-refractivity contribution is -0.121. The summed E-state index contributed by atoms with van der Waals surface area (Å²) in [6.07, 6.45) is 1.80. The Hall–Kier alpha value is -2.70. The van der Waals surface area contributed by atoms with Crippen LogP contribution in [0.1, 0.15) is 24.3 Å². The maximum Gasteiger partial charge on any atom is 0.241 e. The van der Waals surface area contributed by atoms with Gasteiger partial charge in [0.05, 0.1) is 23.2 Å². The first-order valence-corrected chi connectivity index (χ1v) is 10.1. The third-order valence-electron chi connectivity index (χ3n) is 5.14. The summed E-state index contributed by atoms with van der Waals surface area (Å²) in [5, 5.41) is 7.58. The molecule has 29 heavy (non-hydrogen) atoms. The van der Waals surface area contributed by atoms with Crippen LogP contribution in [0.15, 0.2) is 53.1 Å². The molecule has 3 aromatic rings. The minimum atomic E-state index is -0.0977.